The summed E-state index contributed by atoms with van der Waals surface area (Å²) in [5, 5.41) is 37.1. The fourth-order valence-electron chi connectivity index (χ4n) is 4.65. The number of hydrogen-bond acceptors (Lipinski definition) is 10. The second-order valence-electron chi connectivity index (χ2n) is 10.1. The minimum absolute atomic E-state index is 0.0438. The smallest absolute Gasteiger partial charge is 0.343 e. The first-order chi connectivity index (χ1) is 22.2. The molecule has 47 heavy (non-hydrogen) atoms. The van der Waals surface area contributed by atoms with Gasteiger partial charge in [-0.2, -0.15) is 0 Å². The Morgan fingerprint density at radius 3 is 2.06 bits per heavy atom. The number of nitrogens with two attached hydrogens (primary N) is 2. The molecule has 0 spiro atoms. The molecular formula is C29H31N5O13. The zero-order valence-electron chi connectivity index (χ0n) is 24.7. The number of aliphatic imine (C=N–C) groups is 1. The Morgan fingerprint density at radius 2 is 1.47 bits per heavy atom. The maximum atomic E-state index is 14.0. The van der Waals surface area contributed by atoms with Gasteiger partial charge >= 0.3 is 29.8 Å². The van der Waals surface area contributed by atoms with Crippen molar-refractivity contribution in [2.24, 2.45) is 16.5 Å². The highest BCUT2D eigenvalue weighted by Gasteiger charge is 2.32. The Labute approximate surface area is 265 Å². The molecule has 3 rings (SSSR count). The number of amides is 2. The van der Waals surface area contributed by atoms with Gasteiger partial charge in [0.1, 0.15) is 26.2 Å². The number of aliphatic carboxylic acids is 4. The topological polar surface area (TPSA) is 290 Å². The molecule has 1 heterocycles. The summed E-state index contributed by atoms with van der Waals surface area (Å²) in [7, 11) is 0. The number of nitrogens with zero attached hydrogens (tertiary/aromatic N) is 3. The van der Waals surface area contributed by atoms with Gasteiger partial charge in [-0.05, 0) is 54.7 Å². The van der Waals surface area contributed by atoms with Crippen molar-refractivity contribution in [1.82, 2.24) is 9.80 Å². The molecule has 0 unspecified atom stereocenters. The van der Waals surface area contributed by atoms with Gasteiger partial charge in [-0.15, -0.1) is 0 Å². The van der Waals surface area contributed by atoms with Crippen molar-refractivity contribution in [3.63, 3.8) is 0 Å². The van der Waals surface area contributed by atoms with Crippen LogP contribution in [0.3, 0.4) is 0 Å². The van der Waals surface area contributed by atoms with Crippen molar-refractivity contribution in [3.05, 3.63) is 52.6 Å². The van der Waals surface area contributed by atoms with Gasteiger partial charge in [-0.3, -0.25) is 28.8 Å². The van der Waals surface area contributed by atoms with Crippen molar-refractivity contribution in [1.29, 1.82) is 0 Å². The first-order valence-corrected chi connectivity index (χ1v) is 13.8. The lowest BCUT2D eigenvalue weighted by molar-refractivity contribution is -0.150. The van der Waals surface area contributed by atoms with Gasteiger partial charge < -0.3 is 51.2 Å². The van der Waals surface area contributed by atoms with E-state index in [1.807, 2.05) is 0 Å². The minimum atomic E-state index is -1.59. The second kappa shape index (κ2) is 15.7. The molecule has 1 aliphatic heterocycles. The Bertz CT molecular complexity index is 1620. The summed E-state index contributed by atoms with van der Waals surface area (Å²) in [6.45, 7) is -4.37. The number of carbonyl (C=O) groups is 7. The van der Waals surface area contributed by atoms with Gasteiger partial charge in [0.15, 0.2) is 17.5 Å². The quantitative estimate of drug-likeness (QED) is 0.0696. The largest absolute Gasteiger partial charge is 0.489 e. The van der Waals surface area contributed by atoms with Crippen molar-refractivity contribution in [3.8, 4) is 11.5 Å². The molecule has 0 radical (unpaired) electrons. The lowest BCUT2D eigenvalue weighted by Crippen LogP contribution is -2.48. The van der Waals surface area contributed by atoms with Gasteiger partial charge in [0, 0.05) is 6.42 Å². The van der Waals surface area contributed by atoms with E-state index in [9.17, 15) is 43.8 Å². The fourth-order valence-corrected chi connectivity index (χ4v) is 4.65. The Balaban J connectivity index is 2.11. The molecular weight excluding hydrogens is 626 g/mol. The average Bonchev–Trinajstić information content (AvgIpc) is 2.96. The van der Waals surface area contributed by atoms with Crippen molar-refractivity contribution in [2.75, 3.05) is 32.8 Å². The number of fused-ring (bicyclic) bond motifs is 2. The van der Waals surface area contributed by atoms with E-state index in [1.54, 1.807) is 6.07 Å². The molecule has 0 fully saturated rings. The number of carbonyl (C=O) groups excluding carboxylic acids is 3. The van der Waals surface area contributed by atoms with Crippen LogP contribution in [0.5, 0.6) is 11.5 Å². The Morgan fingerprint density at radius 1 is 0.830 bits per heavy atom. The molecule has 250 valence electrons. The molecule has 2 aromatic rings. The van der Waals surface area contributed by atoms with Crippen LogP contribution in [0.2, 0.25) is 0 Å². The third-order valence-electron chi connectivity index (χ3n) is 6.58. The van der Waals surface area contributed by atoms with Crippen LogP contribution in [-0.2, 0) is 36.8 Å². The number of hydrogen-bond donors (Lipinski definition) is 6. The summed E-state index contributed by atoms with van der Waals surface area (Å²) in [5.41, 5.74) is 11.6. The van der Waals surface area contributed by atoms with Crippen LogP contribution in [0.15, 0.2) is 35.3 Å². The number of esters is 1. The van der Waals surface area contributed by atoms with Crippen LogP contribution in [0.1, 0.15) is 44.7 Å². The lowest BCUT2D eigenvalue weighted by Gasteiger charge is -2.27. The Kier molecular flexibility index (Phi) is 11.8. The maximum absolute atomic E-state index is 14.0. The van der Waals surface area contributed by atoms with Gasteiger partial charge in [-0.1, -0.05) is 6.07 Å². The molecule has 2 amide bonds. The standard InChI is InChI=1S/C29H31N5O13/c30-29(31)32-17-5-6-18-16(10-17)2-1-9-46-26-19(47-28(18)45)7-3-15(4-8-21(36)37)25(26)27(44)34(14-24(42)43)11-20(35)33(12-22(38)39)13-23(40)41/h3,5-7,10H,1-2,4,8-9,11-14H2,(H,36,37)(H,38,39)(H,40,41)(H,42,43)(H4,30,31,32). The predicted octanol–water partition coefficient (Wildman–Crippen LogP) is -0.322. The van der Waals surface area contributed by atoms with Crippen LogP contribution in [0, 0.1) is 0 Å². The first kappa shape index (κ1) is 35.3. The second-order valence-corrected chi connectivity index (χ2v) is 10.1. The van der Waals surface area contributed by atoms with Gasteiger partial charge in [0.05, 0.1) is 23.4 Å². The number of ether oxygens (including phenoxy) is 2. The molecule has 0 aliphatic carbocycles. The highest BCUT2D eigenvalue weighted by Crippen LogP contribution is 2.37. The van der Waals surface area contributed by atoms with E-state index < -0.39 is 79.8 Å². The summed E-state index contributed by atoms with van der Waals surface area (Å²) < 4.78 is 11.5. The maximum Gasteiger partial charge on any atom is 0.343 e. The number of carboxylic acid groups (broad SMARTS) is 4. The van der Waals surface area contributed by atoms with E-state index in [0.717, 1.165) is 0 Å². The molecule has 18 heteroatoms. The van der Waals surface area contributed by atoms with Crippen LogP contribution < -0.4 is 20.9 Å². The number of carboxylic acids is 4. The summed E-state index contributed by atoms with van der Waals surface area (Å²) >= 11 is 0. The molecule has 0 saturated heterocycles. The van der Waals surface area contributed by atoms with Crippen molar-refractivity contribution >= 4 is 53.3 Å². The van der Waals surface area contributed by atoms with Gasteiger partial charge in [-0.25, -0.2) is 9.79 Å². The molecule has 18 nitrogen and oxygen atoms in total. The van der Waals surface area contributed by atoms with Crippen LogP contribution >= 0.6 is 0 Å². The summed E-state index contributed by atoms with van der Waals surface area (Å²) in [6, 6.07) is 7.05. The van der Waals surface area contributed by atoms with E-state index in [-0.39, 0.29) is 54.5 Å². The summed E-state index contributed by atoms with van der Waals surface area (Å²) in [4.78, 5) is 90.8. The van der Waals surface area contributed by atoms with E-state index in [4.69, 9.17) is 31.2 Å². The molecule has 0 saturated carbocycles. The monoisotopic (exact) mass is 657 g/mol. The third-order valence-corrected chi connectivity index (χ3v) is 6.58. The third kappa shape index (κ3) is 9.90. The van der Waals surface area contributed by atoms with E-state index >= 15 is 0 Å². The average molecular weight is 658 g/mol. The molecule has 2 aromatic carbocycles. The highest BCUT2D eigenvalue weighted by atomic mass is 16.6. The van der Waals surface area contributed by atoms with Crippen molar-refractivity contribution in [2.45, 2.75) is 25.7 Å². The number of aryl methyl sites for hydroxylation is 2. The number of guanidine groups is 1. The molecule has 1 aliphatic rings. The van der Waals surface area contributed by atoms with Gasteiger partial charge in [0.2, 0.25) is 5.91 Å². The lowest BCUT2D eigenvalue weighted by atomic mass is 9.98. The van der Waals surface area contributed by atoms with Crippen LogP contribution in [-0.4, -0.2) is 111 Å². The van der Waals surface area contributed by atoms with E-state index in [2.05, 4.69) is 4.99 Å². The van der Waals surface area contributed by atoms with Crippen LogP contribution in [0.4, 0.5) is 5.69 Å². The zero-order chi connectivity index (χ0) is 34.8. The summed E-state index contributed by atoms with van der Waals surface area (Å²) in [5.74, 6) is -9.99. The van der Waals surface area contributed by atoms with Gasteiger partial charge in [0.25, 0.3) is 5.91 Å². The number of benzene rings is 2. The summed E-state index contributed by atoms with van der Waals surface area (Å²) in [6.07, 6.45) is -0.212. The minimum Gasteiger partial charge on any atom is -0.489 e. The van der Waals surface area contributed by atoms with E-state index in [1.165, 1.54) is 24.3 Å². The Hall–Kier alpha value is -6.20. The SMILES string of the molecule is NC(N)=Nc1ccc2c(c1)CCCOc1c(ccc(CCC(=O)O)c1C(=O)N(CC(=O)O)CC(=O)N(CC(=O)O)CC(=O)O)OC2=O. The fraction of sp³-hybridized carbons (Fsp3) is 0.310. The zero-order valence-corrected chi connectivity index (χ0v) is 24.7. The molecule has 8 N–H and O–H groups in total. The first-order valence-electron chi connectivity index (χ1n) is 13.8. The molecule has 0 bridgehead atoms. The molecule has 0 aromatic heterocycles. The highest BCUT2D eigenvalue weighted by molar-refractivity contribution is 6.03. The predicted molar refractivity (Wildman–Crippen MR) is 158 cm³/mol. The van der Waals surface area contributed by atoms with Crippen molar-refractivity contribution < 1.29 is 63.5 Å². The molecule has 0 atom stereocenters. The normalized spacial score (nSPS) is 12.2. The number of rotatable bonds is 13. The van der Waals surface area contributed by atoms with Crippen LogP contribution in [0.25, 0.3) is 0 Å². The van der Waals surface area contributed by atoms with E-state index in [0.29, 0.717) is 21.1 Å².